The molecule has 4 rings (SSSR count). The fourth-order valence-electron chi connectivity index (χ4n) is 4.13. The van der Waals surface area contributed by atoms with Crippen molar-refractivity contribution in [3.8, 4) is 17.1 Å². The van der Waals surface area contributed by atoms with Gasteiger partial charge in [-0.25, -0.2) is 13.6 Å². The molecule has 1 fully saturated rings. The Morgan fingerprint density at radius 3 is 2.69 bits per heavy atom. The van der Waals surface area contributed by atoms with Crippen molar-refractivity contribution in [1.82, 2.24) is 14.9 Å². The molecule has 1 aliphatic rings. The van der Waals surface area contributed by atoms with Gasteiger partial charge in [-0.1, -0.05) is 17.7 Å². The van der Waals surface area contributed by atoms with E-state index >= 15 is 4.39 Å². The van der Waals surface area contributed by atoms with Crippen LogP contribution < -0.4 is 9.46 Å². The molecule has 186 valence electrons. The third kappa shape index (κ3) is 6.55. The van der Waals surface area contributed by atoms with Crippen LogP contribution in [-0.4, -0.2) is 51.0 Å². The lowest BCUT2D eigenvalue weighted by Crippen LogP contribution is -2.44. The molecule has 0 saturated carbocycles. The third-order valence-corrected chi connectivity index (χ3v) is 6.77. The van der Waals surface area contributed by atoms with E-state index in [0.717, 1.165) is 18.7 Å². The topological polar surface area (TPSA) is 76.6 Å². The molecule has 1 aromatic carbocycles. The summed E-state index contributed by atoms with van der Waals surface area (Å²) in [7, 11) is -1.70. The Kier molecular flexibility index (Phi) is 8.33. The molecule has 35 heavy (non-hydrogen) atoms. The molecule has 10 heteroatoms. The van der Waals surface area contributed by atoms with Gasteiger partial charge in [-0.3, -0.25) is 9.88 Å². The fourth-order valence-corrected chi connectivity index (χ4v) is 5.30. The zero-order valence-electron chi connectivity index (χ0n) is 19.8. The minimum atomic E-state index is -1.70. The number of anilines is 1. The zero-order valence-corrected chi connectivity index (χ0v) is 21.4. The van der Waals surface area contributed by atoms with Crippen molar-refractivity contribution in [1.29, 1.82) is 0 Å². The summed E-state index contributed by atoms with van der Waals surface area (Å²) in [5, 5.41) is 0.345. The molecule has 0 amide bonds. The van der Waals surface area contributed by atoms with E-state index in [1.165, 1.54) is 6.20 Å². The van der Waals surface area contributed by atoms with Gasteiger partial charge in [0.1, 0.15) is 10.7 Å². The van der Waals surface area contributed by atoms with Crippen LogP contribution in [0.15, 0.2) is 53.7 Å². The first-order valence-corrected chi connectivity index (χ1v) is 12.9. The summed E-state index contributed by atoms with van der Waals surface area (Å²) in [6, 6.07) is 10.0. The monoisotopic (exact) mass is 518 g/mol. The molecule has 1 N–H and O–H groups in total. The summed E-state index contributed by atoms with van der Waals surface area (Å²) in [4.78, 5) is 11.0. The van der Waals surface area contributed by atoms with Gasteiger partial charge in [-0.15, -0.1) is 0 Å². The number of ether oxygens (including phenoxy) is 2. The van der Waals surface area contributed by atoms with Gasteiger partial charge in [-0.2, -0.15) is 0 Å². The summed E-state index contributed by atoms with van der Waals surface area (Å²) >= 11 is 6.03. The summed E-state index contributed by atoms with van der Waals surface area (Å²) in [5.74, 6) is -0.122. The quantitative estimate of drug-likeness (QED) is 0.448. The Morgan fingerprint density at radius 1 is 1.20 bits per heavy atom. The number of nitrogens with one attached hydrogen (secondary N) is 1. The first kappa shape index (κ1) is 25.5. The van der Waals surface area contributed by atoms with E-state index in [1.54, 1.807) is 36.5 Å². The Hall–Kier alpha value is -2.59. The smallest absolute Gasteiger partial charge is 0.231 e. The van der Waals surface area contributed by atoms with Crippen LogP contribution in [0.3, 0.4) is 0 Å². The molecule has 3 atom stereocenters. The lowest BCUT2D eigenvalue weighted by molar-refractivity contribution is -0.0705. The van der Waals surface area contributed by atoms with Crippen LogP contribution in [-0.2, 0) is 22.3 Å². The summed E-state index contributed by atoms with van der Waals surface area (Å²) < 4.78 is 42.2. The lowest BCUT2D eigenvalue weighted by Gasteiger charge is -2.35. The molecule has 1 aliphatic heterocycles. The van der Waals surface area contributed by atoms with Crippen LogP contribution in [0.2, 0.25) is 5.02 Å². The predicted octanol–water partition coefficient (Wildman–Crippen LogP) is 5.08. The van der Waals surface area contributed by atoms with E-state index < -0.39 is 11.0 Å². The van der Waals surface area contributed by atoms with Gasteiger partial charge >= 0.3 is 0 Å². The van der Waals surface area contributed by atoms with Crippen molar-refractivity contribution < 1.29 is 18.1 Å². The van der Waals surface area contributed by atoms with Gasteiger partial charge in [0.05, 0.1) is 35.2 Å². The SMILES string of the molecule is CCOc1ncc(Cl)cc1S(=O)Nc1ccnc(-c2ccc(CN3CC(C)OC(C)C3)cc2F)c1. The molecule has 0 aliphatic carbocycles. The Morgan fingerprint density at radius 2 is 1.97 bits per heavy atom. The van der Waals surface area contributed by atoms with Crippen molar-refractivity contribution in [2.75, 3.05) is 24.4 Å². The van der Waals surface area contributed by atoms with Crippen LogP contribution in [0.1, 0.15) is 26.3 Å². The molecule has 0 bridgehead atoms. The molecule has 1 saturated heterocycles. The van der Waals surface area contributed by atoms with Gasteiger partial charge in [0.25, 0.3) is 0 Å². The highest BCUT2D eigenvalue weighted by Crippen LogP contribution is 2.28. The van der Waals surface area contributed by atoms with Gasteiger partial charge in [-0.05, 0) is 56.7 Å². The van der Waals surface area contributed by atoms with Crippen LogP contribution in [0, 0.1) is 5.82 Å². The second-order valence-corrected chi connectivity index (χ2v) is 10.1. The van der Waals surface area contributed by atoms with Gasteiger partial charge in [0.2, 0.25) is 5.88 Å². The molecule has 3 aromatic rings. The number of hydrogen-bond donors (Lipinski definition) is 1. The van der Waals surface area contributed by atoms with Crippen molar-refractivity contribution in [2.24, 2.45) is 0 Å². The molecule has 2 aromatic heterocycles. The summed E-state index contributed by atoms with van der Waals surface area (Å²) in [5.41, 5.74) is 2.20. The number of rotatable bonds is 8. The second kappa shape index (κ2) is 11.4. The maximum absolute atomic E-state index is 15.1. The van der Waals surface area contributed by atoms with E-state index in [4.69, 9.17) is 21.1 Å². The number of morpholine rings is 1. The highest BCUT2D eigenvalue weighted by atomic mass is 35.5. The Balaban J connectivity index is 1.50. The highest BCUT2D eigenvalue weighted by molar-refractivity contribution is 7.86. The number of pyridine rings is 2. The highest BCUT2D eigenvalue weighted by Gasteiger charge is 2.22. The number of nitrogens with zero attached hydrogens (tertiary/aromatic N) is 3. The normalized spacial score (nSPS) is 19.3. The first-order chi connectivity index (χ1) is 16.8. The molecule has 3 heterocycles. The van der Waals surface area contributed by atoms with Crippen LogP contribution >= 0.6 is 11.6 Å². The summed E-state index contributed by atoms with van der Waals surface area (Å²) in [6.45, 7) is 8.56. The Bertz CT molecular complexity index is 1210. The third-order valence-electron chi connectivity index (χ3n) is 5.45. The average Bonchev–Trinajstić information content (AvgIpc) is 2.80. The predicted molar refractivity (Wildman–Crippen MR) is 135 cm³/mol. The number of hydrogen-bond acceptors (Lipinski definition) is 6. The van der Waals surface area contributed by atoms with Crippen molar-refractivity contribution in [3.05, 3.63) is 65.2 Å². The lowest BCUT2D eigenvalue weighted by atomic mass is 10.1. The molecule has 0 spiro atoms. The minimum Gasteiger partial charge on any atom is -0.477 e. The minimum absolute atomic E-state index is 0.153. The maximum atomic E-state index is 15.1. The van der Waals surface area contributed by atoms with Crippen molar-refractivity contribution >= 4 is 28.3 Å². The van der Waals surface area contributed by atoms with Gasteiger partial charge in [0.15, 0.2) is 11.0 Å². The molecular weight excluding hydrogens is 491 g/mol. The maximum Gasteiger partial charge on any atom is 0.231 e. The molecule has 0 radical (unpaired) electrons. The molecule has 7 nitrogen and oxygen atoms in total. The second-order valence-electron chi connectivity index (χ2n) is 8.46. The zero-order chi connectivity index (χ0) is 24.9. The Labute approximate surface area is 212 Å². The van der Waals surface area contributed by atoms with E-state index in [1.807, 2.05) is 26.8 Å². The van der Waals surface area contributed by atoms with Crippen LogP contribution in [0.4, 0.5) is 10.1 Å². The van der Waals surface area contributed by atoms with E-state index in [-0.39, 0.29) is 23.9 Å². The van der Waals surface area contributed by atoms with Crippen LogP contribution in [0.5, 0.6) is 5.88 Å². The van der Waals surface area contributed by atoms with E-state index in [2.05, 4.69) is 19.6 Å². The first-order valence-electron chi connectivity index (χ1n) is 11.4. The van der Waals surface area contributed by atoms with Crippen molar-refractivity contribution in [3.63, 3.8) is 0 Å². The molecule has 3 unspecified atom stereocenters. The fraction of sp³-hybridized carbons (Fsp3) is 0.360. The summed E-state index contributed by atoms with van der Waals surface area (Å²) in [6.07, 6.45) is 3.28. The van der Waals surface area contributed by atoms with E-state index in [0.29, 0.717) is 40.0 Å². The number of halogens is 2. The van der Waals surface area contributed by atoms with Crippen molar-refractivity contribution in [2.45, 2.75) is 44.4 Å². The number of aromatic nitrogens is 2. The molecular formula is C25H28ClFN4O3S. The van der Waals surface area contributed by atoms with Gasteiger partial charge in [0, 0.05) is 37.6 Å². The number of benzene rings is 1. The average molecular weight is 519 g/mol. The largest absolute Gasteiger partial charge is 0.477 e. The van der Waals surface area contributed by atoms with E-state index in [9.17, 15) is 4.21 Å². The van der Waals surface area contributed by atoms with Crippen LogP contribution in [0.25, 0.3) is 11.3 Å². The van der Waals surface area contributed by atoms with Gasteiger partial charge < -0.3 is 14.2 Å². The standard InChI is InChI=1S/C25H28ClFN4O3S/c1-4-33-25-24(10-19(26)12-29-25)35(32)30-20-7-8-28-23(11-20)21-6-5-18(9-22(21)27)15-31-13-16(2)34-17(3)14-31/h5-12,16-17H,4,13-15H2,1-3H3,(H,28,30).